The molecule has 0 saturated carbocycles. The van der Waals surface area contributed by atoms with Gasteiger partial charge in [-0.05, 0) is 31.4 Å². The molecule has 0 spiro atoms. The van der Waals surface area contributed by atoms with Crippen molar-refractivity contribution in [1.29, 1.82) is 0 Å². The number of non-ortho nitro benzene ring substituents is 1. The van der Waals surface area contributed by atoms with E-state index in [0.717, 1.165) is 18.9 Å². The van der Waals surface area contributed by atoms with Gasteiger partial charge in [-0.25, -0.2) is 13.1 Å². The van der Waals surface area contributed by atoms with E-state index in [1.54, 1.807) is 0 Å². The predicted molar refractivity (Wildman–Crippen MR) is 117 cm³/mol. The van der Waals surface area contributed by atoms with Crippen LogP contribution in [0.1, 0.15) is 18.9 Å². The Morgan fingerprint density at radius 2 is 1.83 bits per heavy atom. The van der Waals surface area contributed by atoms with E-state index in [-0.39, 0.29) is 17.1 Å². The maximum atomic E-state index is 12.3. The number of hydrogen-bond donors (Lipinski definition) is 3. The summed E-state index contributed by atoms with van der Waals surface area (Å²) in [6.07, 6.45) is 1.84. The van der Waals surface area contributed by atoms with Gasteiger partial charge >= 0.3 is 0 Å². The summed E-state index contributed by atoms with van der Waals surface area (Å²) in [5, 5.41) is 17.0. The molecule has 2 aromatic rings. The number of nitro benzene ring substituents is 1. The van der Waals surface area contributed by atoms with E-state index in [2.05, 4.69) is 32.5 Å². The van der Waals surface area contributed by atoms with Crippen LogP contribution in [0, 0.1) is 10.1 Å². The van der Waals surface area contributed by atoms with Crippen molar-refractivity contribution in [3.05, 3.63) is 70.3 Å². The number of hydrogen-bond acceptors (Lipinski definition) is 5. The number of aryl methyl sites for hydroxylation is 1. The van der Waals surface area contributed by atoms with Gasteiger partial charge in [-0.3, -0.25) is 15.1 Å². The fourth-order valence-electron chi connectivity index (χ4n) is 2.67. The minimum atomic E-state index is -3.83. The molecule has 0 heterocycles. The third-order valence-electron chi connectivity index (χ3n) is 4.13. The van der Waals surface area contributed by atoms with Crippen LogP contribution in [0.5, 0.6) is 0 Å². The van der Waals surface area contributed by atoms with Crippen molar-refractivity contribution in [2.24, 2.45) is 4.99 Å². The van der Waals surface area contributed by atoms with E-state index in [1.807, 2.05) is 25.1 Å². The second kappa shape index (κ2) is 11.9. The maximum Gasteiger partial charge on any atom is 0.270 e. The highest BCUT2D eigenvalue weighted by atomic mass is 32.2. The Kier molecular flexibility index (Phi) is 9.23. The molecule has 0 fully saturated rings. The van der Waals surface area contributed by atoms with Gasteiger partial charge in [-0.2, -0.15) is 0 Å². The van der Waals surface area contributed by atoms with Gasteiger partial charge in [-0.15, -0.1) is 0 Å². The zero-order valence-corrected chi connectivity index (χ0v) is 17.7. The number of nitro groups is 1. The van der Waals surface area contributed by atoms with Gasteiger partial charge in [-0.1, -0.05) is 36.4 Å². The number of nitrogens with zero attached hydrogens (tertiary/aromatic N) is 2. The molecule has 0 amide bonds. The molecule has 0 aliphatic rings. The molecule has 0 aliphatic heterocycles. The van der Waals surface area contributed by atoms with Crippen molar-refractivity contribution < 1.29 is 13.3 Å². The molecule has 0 saturated heterocycles. The normalized spacial score (nSPS) is 11.8. The van der Waals surface area contributed by atoms with Crippen LogP contribution in [0.25, 0.3) is 0 Å². The molecule has 2 rings (SSSR count). The second-order valence-corrected chi connectivity index (χ2v) is 8.20. The highest BCUT2D eigenvalue weighted by molar-refractivity contribution is 7.89. The molecule has 3 N–H and O–H groups in total. The number of aliphatic imine (C=N–C) groups is 1. The van der Waals surface area contributed by atoms with E-state index in [9.17, 15) is 18.5 Å². The van der Waals surface area contributed by atoms with Gasteiger partial charge < -0.3 is 10.6 Å². The Morgan fingerprint density at radius 1 is 1.07 bits per heavy atom. The molecular weight excluding hydrogens is 406 g/mol. The molecule has 0 radical (unpaired) electrons. The summed E-state index contributed by atoms with van der Waals surface area (Å²) in [4.78, 5) is 14.6. The lowest BCUT2D eigenvalue weighted by Crippen LogP contribution is -2.41. The number of rotatable bonds is 11. The Bertz CT molecular complexity index is 949. The summed E-state index contributed by atoms with van der Waals surface area (Å²) in [5.41, 5.74) is 0.995. The van der Waals surface area contributed by atoms with E-state index in [0.29, 0.717) is 25.6 Å². The first kappa shape index (κ1) is 23.3. The maximum absolute atomic E-state index is 12.3. The third kappa shape index (κ3) is 7.80. The summed E-state index contributed by atoms with van der Waals surface area (Å²) in [6, 6.07) is 15.1. The molecular formula is C20H27N5O4S. The van der Waals surface area contributed by atoms with Crippen molar-refractivity contribution >= 4 is 21.7 Å². The predicted octanol–water partition coefficient (Wildman–Crippen LogP) is 2.06. The SMILES string of the molecule is CCNC(=NCCCc1ccccc1)NCCNS(=O)(=O)c1cccc([N+](=O)[O-])c1. The summed E-state index contributed by atoms with van der Waals surface area (Å²) < 4.78 is 27.1. The molecule has 0 bridgehead atoms. The molecule has 162 valence electrons. The van der Waals surface area contributed by atoms with Gasteiger partial charge in [0.1, 0.15) is 0 Å². The van der Waals surface area contributed by atoms with Crippen molar-refractivity contribution in [2.75, 3.05) is 26.2 Å². The minimum Gasteiger partial charge on any atom is -0.357 e. The lowest BCUT2D eigenvalue weighted by atomic mass is 10.1. The van der Waals surface area contributed by atoms with Crippen LogP contribution in [0.15, 0.2) is 64.5 Å². The Morgan fingerprint density at radius 3 is 2.53 bits per heavy atom. The summed E-state index contributed by atoms with van der Waals surface area (Å²) in [5.74, 6) is 0.611. The molecule has 9 nitrogen and oxygen atoms in total. The zero-order chi connectivity index (χ0) is 21.8. The van der Waals surface area contributed by atoms with Crippen LogP contribution in [-0.4, -0.2) is 45.5 Å². The minimum absolute atomic E-state index is 0.111. The topological polar surface area (TPSA) is 126 Å². The second-order valence-electron chi connectivity index (χ2n) is 6.43. The monoisotopic (exact) mass is 433 g/mol. The molecule has 0 atom stereocenters. The van der Waals surface area contributed by atoms with Crippen LogP contribution in [-0.2, 0) is 16.4 Å². The van der Waals surface area contributed by atoms with Gasteiger partial charge in [0.15, 0.2) is 5.96 Å². The summed E-state index contributed by atoms with van der Waals surface area (Å²) >= 11 is 0. The van der Waals surface area contributed by atoms with E-state index < -0.39 is 14.9 Å². The number of sulfonamides is 1. The molecule has 0 aromatic heterocycles. The van der Waals surface area contributed by atoms with Crippen molar-refractivity contribution in [3.8, 4) is 0 Å². The Labute approximate surface area is 176 Å². The fraction of sp³-hybridized carbons (Fsp3) is 0.350. The van der Waals surface area contributed by atoms with Crippen LogP contribution < -0.4 is 15.4 Å². The first-order chi connectivity index (χ1) is 14.4. The van der Waals surface area contributed by atoms with Crippen LogP contribution >= 0.6 is 0 Å². The van der Waals surface area contributed by atoms with Gasteiger partial charge in [0.05, 0.1) is 9.82 Å². The average Bonchev–Trinajstić information content (AvgIpc) is 2.75. The quantitative estimate of drug-likeness (QED) is 0.164. The van der Waals surface area contributed by atoms with Crippen LogP contribution in [0.4, 0.5) is 5.69 Å². The number of benzene rings is 2. The molecule has 2 aromatic carbocycles. The standard InChI is InChI=1S/C20H27N5O4S/c1-2-21-20(22-13-7-10-17-8-4-3-5-9-17)23-14-15-24-30(28,29)19-12-6-11-18(16-19)25(26)27/h3-6,8-9,11-12,16,24H,2,7,10,13-15H2,1H3,(H2,21,22,23). The highest BCUT2D eigenvalue weighted by Crippen LogP contribution is 2.16. The molecule has 30 heavy (non-hydrogen) atoms. The fourth-order valence-corrected chi connectivity index (χ4v) is 3.75. The highest BCUT2D eigenvalue weighted by Gasteiger charge is 2.17. The van der Waals surface area contributed by atoms with Crippen molar-refractivity contribution in [3.63, 3.8) is 0 Å². The van der Waals surface area contributed by atoms with E-state index in [1.165, 1.54) is 23.8 Å². The first-order valence-corrected chi connectivity index (χ1v) is 11.2. The lowest BCUT2D eigenvalue weighted by Gasteiger charge is -2.12. The van der Waals surface area contributed by atoms with Crippen molar-refractivity contribution in [1.82, 2.24) is 15.4 Å². The van der Waals surface area contributed by atoms with Gasteiger partial charge in [0.2, 0.25) is 10.0 Å². The number of guanidine groups is 1. The van der Waals surface area contributed by atoms with Crippen LogP contribution in [0.2, 0.25) is 0 Å². The largest absolute Gasteiger partial charge is 0.357 e. The van der Waals surface area contributed by atoms with E-state index >= 15 is 0 Å². The van der Waals surface area contributed by atoms with Gasteiger partial charge in [0.25, 0.3) is 5.69 Å². The van der Waals surface area contributed by atoms with Crippen molar-refractivity contribution in [2.45, 2.75) is 24.7 Å². The zero-order valence-electron chi connectivity index (χ0n) is 16.9. The smallest absolute Gasteiger partial charge is 0.270 e. The number of nitrogens with one attached hydrogen (secondary N) is 3. The third-order valence-corrected chi connectivity index (χ3v) is 5.59. The lowest BCUT2D eigenvalue weighted by molar-refractivity contribution is -0.385. The van der Waals surface area contributed by atoms with E-state index in [4.69, 9.17) is 0 Å². The van der Waals surface area contributed by atoms with Crippen LogP contribution in [0.3, 0.4) is 0 Å². The van der Waals surface area contributed by atoms with Gasteiger partial charge in [0, 0.05) is 38.3 Å². The average molecular weight is 434 g/mol. The Balaban J connectivity index is 1.80. The molecule has 0 unspecified atom stereocenters. The Hall–Kier alpha value is -2.98. The molecule has 0 aliphatic carbocycles. The summed E-state index contributed by atoms with van der Waals surface area (Å²) in [7, 11) is -3.83. The summed E-state index contributed by atoms with van der Waals surface area (Å²) in [6.45, 7) is 3.71. The molecule has 10 heteroatoms. The first-order valence-electron chi connectivity index (χ1n) is 9.72.